The normalized spacial score (nSPS) is 13.8. The molecule has 0 radical (unpaired) electrons. The number of rotatable bonds is 15. The molecule has 0 saturated heterocycles. The van der Waals surface area contributed by atoms with Gasteiger partial charge in [-0.2, -0.15) is 8.42 Å². The standard InChI is InChI=1S/C16H34N2O5S/c1-4-10-18(11-5-2,13-8-14-24(21,22)23)12-7-6-9-15(17-3)16(19)20/h15,17H,4-14H2,1-3H3,(H-,19,20,21,22,23)/p+1/t15-/m1/s1. The summed E-state index contributed by atoms with van der Waals surface area (Å²) in [5.74, 6) is -1.02. The first-order valence-electron chi connectivity index (χ1n) is 8.90. The highest BCUT2D eigenvalue weighted by Crippen LogP contribution is 2.15. The van der Waals surface area contributed by atoms with Crippen molar-refractivity contribution >= 4 is 16.1 Å². The average molecular weight is 368 g/mol. The van der Waals surface area contributed by atoms with Crippen molar-refractivity contribution in [1.82, 2.24) is 5.32 Å². The maximum atomic E-state index is 11.0. The van der Waals surface area contributed by atoms with Gasteiger partial charge in [-0.15, -0.1) is 0 Å². The molecule has 0 aliphatic carbocycles. The van der Waals surface area contributed by atoms with E-state index in [-0.39, 0.29) is 5.75 Å². The van der Waals surface area contributed by atoms with Crippen LogP contribution in [0.1, 0.15) is 52.4 Å². The maximum absolute atomic E-state index is 11.0. The van der Waals surface area contributed by atoms with Crippen LogP contribution in [0.15, 0.2) is 0 Å². The molecule has 0 unspecified atom stereocenters. The Morgan fingerprint density at radius 2 is 1.58 bits per heavy atom. The summed E-state index contributed by atoms with van der Waals surface area (Å²) in [6.45, 7) is 7.85. The Bertz CT molecular complexity index is 447. The molecule has 0 aliphatic heterocycles. The topological polar surface area (TPSA) is 104 Å². The monoisotopic (exact) mass is 367 g/mol. The molecule has 0 saturated carbocycles. The number of carboxylic acids is 1. The number of quaternary nitrogens is 1. The van der Waals surface area contributed by atoms with Gasteiger partial charge in [-0.25, -0.2) is 0 Å². The van der Waals surface area contributed by atoms with E-state index in [1.165, 1.54) is 0 Å². The Morgan fingerprint density at radius 3 is 2.00 bits per heavy atom. The van der Waals surface area contributed by atoms with Crippen LogP contribution in [0.5, 0.6) is 0 Å². The summed E-state index contributed by atoms with van der Waals surface area (Å²) in [6, 6.07) is -0.510. The summed E-state index contributed by atoms with van der Waals surface area (Å²) in [5, 5.41) is 11.8. The molecule has 0 aromatic rings. The van der Waals surface area contributed by atoms with Gasteiger partial charge in [-0.1, -0.05) is 13.8 Å². The first-order chi connectivity index (χ1) is 11.2. The SMILES string of the molecule is CCC[N+](CCC)(CCCC[C@@H](NC)C(=O)O)CCCS(=O)(=O)O. The largest absolute Gasteiger partial charge is 0.480 e. The van der Waals surface area contributed by atoms with Crippen LogP contribution in [0.25, 0.3) is 0 Å². The number of hydrogen-bond acceptors (Lipinski definition) is 4. The summed E-state index contributed by atoms with van der Waals surface area (Å²) < 4.78 is 31.7. The van der Waals surface area contributed by atoms with Gasteiger partial charge >= 0.3 is 5.97 Å². The average Bonchev–Trinajstić information content (AvgIpc) is 2.46. The van der Waals surface area contributed by atoms with Crippen LogP contribution in [0, 0.1) is 0 Å². The molecule has 0 heterocycles. The van der Waals surface area contributed by atoms with E-state index in [4.69, 9.17) is 9.66 Å². The van der Waals surface area contributed by atoms with E-state index in [0.717, 1.165) is 56.3 Å². The lowest BCUT2D eigenvalue weighted by Crippen LogP contribution is -2.51. The molecule has 0 amide bonds. The number of aliphatic carboxylic acids is 1. The molecule has 7 nitrogen and oxygen atoms in total. The second-order valence-corrected chi connectivity index (χ2v) is 8.12. The highest BCUT2D eigenvalue weighted by atomic mass is 32.2. The van der Waals surface area contributed by atoms with Crippen molar-refractivity contribution in [3.05, 3.63) is 0 Å². The summed E-state index contributed by atoms with van der Waals surface area (Å²) in [7, 11) is -2.25. The van der Waals surface area contributed by atoms with Gasteiger partial charge in [0.1, 0.15) is 6.04 Å². The van der Waals surface area contributed by atoms with Crippen molar-refractivity contribution in [2.45, 2.75) is 58.4 Å². The Hall–Kier alpha value is -0.700. The minimum atomic E-state index is -3.91. The fourth-order valence-corrected chi connectivity index (χ4v) is 3.88. The quantitative estimate of drug-likeness (QED) is 0.231. The van der Waals surface area contributed by atoms with Crippen LogP contribution in [0.2, 0.25) is 0 Å². The molecule has 144 valence electrons. The smallest absolute Gasteiger partial charge is 0.320 e. The highest BCUT2D eigenvalue weighted by Gasteiger charge is 2.26. The highest BCUT2D eigenvalue weighted by molar-refractivity contribution is 7.85. The maximum Gasteiger partial charge on any atom is 0.320 e. The van der Waals surface area contributed by atoms with Crippen molar-refractivity contribution < 1.29 is 27.4 Å². The third-order valence-electron chi connectivity index (χ3n) is 4.45. The zero-order valence-corrected chi connectivity index (χ0v) is 16.1. The van der Waals surface area contributed by atoms with Crippen LogP contribution in [-0.4, -0.2) is 73.6 Å². The zero-order valence-electron chi connectivity index (χ0n) is 15.3. The molecule has 3 N–H and O–H groups in total. The van der Waals surface area contributed by atoms with Crippen LogP contribution < -0.4 is 5.32 Å². The van der Waals surface area contributed by atoms with Gasteiger partial charge < -0.3 is 14.9 Å². The summed E-state index contributed by atoms with van der Waals surface area (Å²) in [4.78, 5) is 11.0. The number of hydrogen-bond donors (Lipinski definition) is 3. The molecule has 0 aromatic carbocycles. The van der Waals surface area contributed by atoms with E-state index in [0.29, 0.717) is 12.8 Å². The molecule has 0 rings (SSSR count). The van der Waals surface area contributed by atoms with E-state index in [9.17, 15) is 13.2 Å². The molecule has 0 fully saturated rings. The minimum absolute atomic E-state index is 0.193. The molecule has 1 atom stereocenters. The first-order valence-corrected chi connectivity index (χ1v) is 10.5. The molecule has 0 bridgehead atoms. The Morgan fingerprint density at radius 1 is 1.04 bits per heavy atom. The second-order valence-electron chi connectivity index (χ2n) is 6.55. The number of likely N-dealkylation sites (N-methyl/N-ethyl adjacent to an activating group) is 1. The Kier molecular flexibility index (Phi) is 11.4. The number of nitrogens with one attached hydrogen (secondary N) is 1. The van der Waals surface area contributed by atoms with E-state index < -0.39 is 22.1 Å². The van der Waals surface area contributed by atoms with Crippen LogP contribution in [0.4, 0.5) is 0 Å². The van der Waals surface area contributed by atoms with Gasteiger partial charge in [-0.05, 0) is 39.2 Å². The number of unbranched alkanes of at least 4 members (excludes halogenated alkanes) is 1. The predicted molar refractivity (Wildman–Crippen MR) is 95.7 cm³/mol. The fourth-order valence-electron chi connectivity index (χ4n) is 3.39. The molecular weight excluding hydrogens is 332 g/mol. The van der Waals surface area contributed by atoms with Crippen molar-refractivity contribution in [1.29, 1.82) is 0 Å². The van der Waals surface area contributed by atoms with Crippen molar-refractivity contribution in [3.63, 3.8) is 0 Å². The lowest BCUT2D eigenvalue weighted by Gasteiger charge is -2.39. The van der Waals surface area contributed by atoms with Gasteiger partial charge in [-0.3, -0.25) is 9.35 Å². The van der Waals surface area contributed by atoms with Crippen LogP contribution in [-0.2, 0) is 14.9 Å². The number of carboxylic acid groups (broad SMARTS) is 1. The Balaban J connectivity index is 4.60. The van der Waals surface area contributed by atoms with Crippen molar-refractivity contribution in [3.8, 4) is 0 Å². The lowest BCUT2D eigenvalue weighted by atomic mass is 10.1. The minimum Gasteiger partial charge on any atom is -0.480 e. The van der Waals surface area contributed by atoms with Gasteiger partial charge in [0.25, 0.3) is 10.1 Å². The molecule has 0 spiro atoms. The van der Waals surface area contributed by atoms with Gasteiger partial charge in [0, 0.05) is 6.42 Å². The van der Waals surface area contributed by atoms with Gasteiger partial charge in [0.2, 0.25) is 0 Å². The second kappa shape index (κ2) is 11.8. The molecule has 0 aromatic heterocycles. The fraction of sp³-hybridized carbons (Fsp3) is 0.938. The summed E-state index contributed by atoms with van der Waals surface area (Å²) >= 11 is 0. The van der Waals surface area contributed by atoms with Crippen LogP contribution >= 0.6 is 0 Å². The summed E-state index contributed by atoms with van der Waals surface area (Å²) in [6.07, 6.45) is 4.81. The molecule has 0 aliphatic rings. The lowest BCUT2D eigenvalue weighted by molar-refractivity contribution is -0.928. The number of carbonyl (C=O) groups is 1. The third kappa shape index (κ3) is 10.2. The Labute approximate surface area is 146 Å². The van der Waals surface area contributed by atoms with E-state index in [2.05, 4.69) is 19.2 Å². The molecule has 8 heteroatoms. The van der Waals surface area contributed by atoms with Crippen molar-refractivity contribution in [2.75, 3.05) is 39.0 Å². The number of nitrogens with zero attached hydrogens (tertiary/aromatic N) is 1. The van der Waals surface area contributed by atoms with Crippen LogP contribution in [0.3, 0.4) is 0 Å². The third-order valence-corrected chi connectivity index (χ3v) is 5.26. The van der Waals surface area contributed by atoms with E-state index >= 15 is 0 Å². The molecular formula is C16H35N2O5S+. The molecule has 24 heavy (non-hydrogen) atoms. The summed E-state index contributed by atoms with van der Waals surface area (Å²) in [5.41, 5.74) is 0. The predicted octanol–water partition coefficient (Wildman–Crippen LogP) is 1.74. The van der Waals surface area contributed by atoms with E-state index in [1.807, 2.05) is 0 Å². The van der Waals surface area contributed by atoms with E-state index in [1.54, 1.807) is 7.05 Å². The first kappa shape index (κ1) is 23.3. The zero-order chi connectivity index (χ0) is 18.6. The van der Waals surface area contributed by atoms with Gasteiger partial charge in [0.15, 0.2) is 0 Å². The van der Waals surface area contributed by atoms with Crippen molar-refractivity contribution in [2.24, 2.45) is 0 Å². The van der Waals surface area contributed by atoms with Gasteiger partial charge in [0.05, 0.1) is 31.9 Å².